The van der Waals surface area contributed by atoms with E-state index in [4.69, 9.17) is 0 Å². The SMILES string of the molecule is O=C(Nc1cccs1)N1CCC(C(=O)N2CCCC2)CC1. The molecule has 3 rings (SSSR count). The molecule has 0 radical (unpaired) electrons. The normalized spacial score (nSPS) is 19.8. The first-order chi connectivity index (χ1) is 10.2. The van der Waals surface area contributed by atoms with E-state index in [0.717, 1.165) is 43.8 Å². The van der Waals surface area contributed by atoms with E-state index in [9.17, 15) is 9.59 Å². The van der Waals surface area contributed by atoms with Gasteiger partial charge >= 0.3 is 6.03 Å². The van der Waals surface area contributed by atoms with Crippen LogP contribution in [0.1, 0.15) is 25.7 Å². The number of nitrogens with zero attached hydrogens (tertiary/aromatic N) is 2. The third kappa shape index (κ3) is 3.37. The zero-order chi connectivity index (χ0) is 14.7. The summed E-state index contributed by atoms with van der Waals surface area (Å²) in [6.45, 7) is 3.17. The highest BCUT2D eigenvalue weighted by Gasteiger charge is 2.31. The highest BCUT2D eigenvalue weighted by Crippen LogP contribution is 2.23. The van der Waals surface area contributed by atoms with Gasteiger partial charge in [-0.3, -0.25) is 10.1 Å². The zero-order valence-corrected chi connectivity index (χ0v) is 12.9. The van der Waals surface area contributed by atoms with Crippen molar-refractivity contribution in [1.29, 1.82) is 0 Å². The summed E-state index contributed by atoms with van der Waals surface area (Å²) in [6.07, 6.45) is 3.84. The second-order valence-electron chi connectivity index (χ2n) is 5.70. The maximum Gasteiger partial charge on any atom is 0.322 e. The molecule has 5 nitrogen and oxygen atoms in total. The maximum atomic E-state index is 12.3. The van der Waals surface area contributed by atoms with Crippen molar-refractivity contribution in [3.63, 3.8) is 0 Å². The average molecular weight is 307 g/mol. The van der Waals surface area contributed by atoms with Gasteiger partial charge in [0.05, 0.1) is 5.00 Å². The van der Waals surface area contributed by atoms with Crippen LogP contribution in [0.2, 0.25) is 0 Å². The molecule has 3 amide bonds. The number of piperidine rings is 1. The highest BCUT2D eigenvalue weighted by molar-refractivity contribution is 7.14. The first kappa shape index (κ1) is 14.4. The molecule has 2 aliphatic rings. The number of likely N-dealkylation sites (tertiary alicyclic amines) is 2. The number of amides is 3. The lowest BCUT2D eigenvalue weighted by molar-refractivity contribution is -0.135. The minimum atomic E-state index is -0.0514. The molecule has 2 saturated heterocycles. The molecule has 0 aromatic carbocycles. The van der Waals surface area contributed by atoms with Crippen LogP contribution in [-0.4, -0.2) is 47.9 Å². The van der Waals surface area contributed by atoms with Gasteiger partial charge in [-0.1, -0.05) is 0 Å². The Bertz CT molecular complexity index is 489. The van der Waals surface area contributed by atoms with Crippen molar-refractivity contribution in [3.05, 3.63) is 17.5 Å². The number of carbonyl (C=O) groups excluding carboxylic acids is 2. The molecule has 2 aliphatic heterocycles. The monoisotopic (exact) mass is 307 g/mol. The van der Waals surface area contributed by atoms with Crippen molar-refractivity contribution in [2.75, 3.05) is 31.5 Å². The lowest BCUT2D eigenvalue weighted by atomic mass is 9.95. The number of urea groups is 1. The lowest BCUT2D eigenvalue weighted by Crippen LogP contribution is -2.45. The van der Waals surface area contributed by atoms with Crippen LogP contribution in [0.3, 0.4) is 0 Å². The van der Waals surface area contributed by atoms with E-state index in [-0.39, 0.29) is 11.9 Å². The van der Waals surface area contributed by atoms with Crippen molar-refractivity contribution in [3.8, 4) is 0 Å². The molecule has 0 bridgehead atoms. The Labute approximate surface area is 128 Å². The molecule has 0 saturated carbocycles. The van der Waals surface area contributed by atoms with Gasteiger partial charge in [0.15, 0.2) is 0 Å². The molecule has 1 N–H and O–H groups in total. The van der Waals surface area contributed by atoms with Crippen LogP contribution >= 0.6 is 11.3 Å². The summed E-state index contributed by atoms with van der Waals surface area (Å²) in [5, 5.41) is 5.71. The fourth-order valence-corrected chi connectivity index (χ4v) is 3.67. The van der Waals surface area contributed by atoms with Gasteiger partial charge in [0.1, 0.15) is 0 Å². The second kappa shape index (κ2) is 6.47. The first-order valence-corrected chi connectivity index (χ1v) is 8.50. The minimum Gasteiger partial charge on any atom is -0.342 e. The Morgan fingerprint density at radius 1 is 1.10 bits per heavy atom. The average Bonchev–Trinajstić information content (AvgIpc) is 3.20. The second-order valence-corrected chi connectivity index (χ2v) is 6.65. The molecule has 0 atom stereocenters. The van der Waals surface area contributed by atoms with Gasteiger partial charge in [0.2, 0.25) is 5.91 Å². The van der Waals surface area contributed by atoms with Gasteiger partial charge in [-0.15, -0.1) is 11.3 Å². The van der Waals surface area contributed by atoms with Gasteiger partial charge in [-0.2, -0.15) is 0 Å². The van der Waals surface area contributed by atoms with Gasteiger partial charge in [-0.25, -0.2) is 4.79 Å². The Morgan fingerprint density at radius 2 is 1.81 bits per heavy atom. The molecule has 21 heavy (non-hydrogen) atoms. The molecule has 6 heteroatoms. The molecule has 1 aromatic heterocycles. The highest BCUT2D eigenvalue weighted by atomic mass is 32.1. The van der Waals surface area contributed by atoms with E-state index in [1.165, 1.54) is 11.3 Å². The summed E-state index contributed by atoms with van der Waals surface area (Å²) < 4.78 is 0. The third-order valence-corrected chi connectivity index (χ3v) is 5.09. The van der Waals surface area contributed by atoms with Crippen LogP contribution < -0.4 is 5.32 Å². The number of hydrogen-bond acceptors (Lipinski definition) is 3. The van der Waals surface area contributed by atoms with Gasteiger partial charge in [0, 0.05) is 32.1 Å². The fraction of sp³-hybridized carbons (Fsp3) is 0.600. The zero-order valence-electron chi connectivity index (χ0n) is 12.1. The Morgan fingerprint density at radius 3 is 2.43 bits per heavy atom. The molecule has 0 aliphatic carbocycles. The lowest BCUT2D eigenvalue weighted by Gasteiger charge is -2.33. The van der Waals surface area contributed by atoms with Gasteiger partial charge < -0.3 is 9.80 Å². The van der Waals surface area contributed by atoms with Crippen molar-refractivity contribution < 1.29 is 9.59 Å². The molecular formula is C15H21N3O2S. The smallest absolute Gasteiger partial charge is 0.322 e. The van der Waals surface area contributed by atoms with Crippen molar-refractivity contribution in [2.24, 2.45) is 5.92 Å². The summed E-state index contributed by atoms with van der Waals surface area (Å²) >= 11 is 1.52. The number of hydrogen-bond donors (Lipinski definition) is 1. The van der Waals surface area contributed by atoms with E-state index < -0.39 is 0 Å². The first-order valence-electron chi connectivity index (χ1n) is 7.62. The summed E-state index contributed by atoms with van der Waals surface area (Å²) in [5.74, 6) is 0.403. The fourth-order valence-electron chi connectivity index (χ4n) is 3.06. The predicted molar refractivity (Wildman–Crippen MR) is 83.4 cm³/mol. The van der Waals surface area contributed by atoms with E-state index in [1.807, 2.05) is 27.3 Å². The minimum absolute atomic E-state index is 0.0514. The van der Waals surface area contributed by atoms with E-state index in [0.29, 0.717) is 19.0 Å². The topological polar surface area (TPSA) is 52.7 Å². The number of rotatable bonds is 2. The summed E-state index contributed by atoms with van der Waals surface area (Å²) in [5.41, 5.74) is 0. The summed E-state index contributed by atoms with van der Waals surface area (Å²) in [7, 11) is 0. The molecule has 0 unspecified atom stereocenters. The number of carbonyl (C=O) groups is 2. The molecular weight excluding hydrogens is 286 g/mol. The number of anilines is 1. The third-order valence-electron chi connectivity index (χ3n) is 4.30. The van der Waals surface area contributed by atoms with Gasteiger partial charge in [0.25, 0.3) is 0 Å². The quantitative estimate of drug-likeness (QED) is 0.913. The van der Waals surface area contributed by atoms with Crippen molar-refractivity contribution in [2.45, 2.75) is 25.7 Å². The molecule has 3 heterocycles. The van der Waals surface area contributed by atoms with E-state index in [1.54, 1.807) is 0 Å². The number of thiophene rings is 1. The molecule has 0 spiro atoms. The number of nitrogens with one attached hydrogen (secondary N) is 1. The summed E-state index contributed by atoms with van der Waals surface area (Å²) in [6, 6.07) is 3.76. The largest absolute Gasteiger partial charge is 0.342 e. The Kier molecular flexibility index (Phi) is 4.43. The van der Waals surface area contributed by atoms with Crippen molar-refractivity contribution in [1.82, 2.24) is 9.80 Å². The van der Waals surface area contributed by atoms with Crippen molar-refractivity contribution >= 4 is 28.3 Å². The Balaban J connectivity index is 1.48. The Hall–Kier alpha value is -1.56. The van der Waals surface area contributed by atoms with E-state index in [2.05, 4.69) is 5.32 Å². The van der Waals surface area contributed by atoms with Crippen LogP contribution in [0.5, 0.6) is 0 Å². The summed E-state index contributed by atoms with van der Waals surface area (Å²) in [4.78, 5) is 28.3. The van der Waals surface area contributed by atoms with Crippen LogP contribution in [-0.2, 0) is 4.79 Å². The molecule has 1 aromatic rings. The standard InChI is InChI=1S/C15H21N3O2S/c19-14(17-7-1-2-8-17)12-5-9-18(10-6-12)15(20)16-13-4-3-11-21-13/h3-4,11-12H,1-2,5-10H2,(H,16,20). The van der Waals surface area contributed by atoms with Crippen LogP contribution in [0, 0.1) is 5.92 Å². The predicted octanol–water partition coefficient (Wildman–Crippen LogP) is 2.61. The molecule has 114 valence electrons. The maximum absolute atomic E-state index is 12.3. The van der Waals surface area contributed by atoms with Crippen LogP contribution in [0.15, 0.2) is 17.5 Å². The van der Waals surface area contributed by atoms with Crippen LogP contribution in [0.4, 0.5) is 9.80 Å². The van der Waals surface area contributed by atoms with E-state index >= 15 is 0 Å². The van der Waals surface area contributed by atoms with Crippen LogP contribution in [0.25, 0.3) is 0 Å². The molecule has 2 fully saturated rings. The van der Waals surface area contributed by atoms with Gasteiger partial charge in [-0.05, 0) is 43.2 Å².